The second-order valence-corrected chi connectivity index (χ2v) is 6.38. The lowest BCUT2D eigenvalue weighted by atomic mass is 10.2. The number of rotatable bonds is 5. The van der Waals surface area contributed by atoms with E-state index in [-0.39, 0.29) is 16.6 Å². The quantitative estimate of drug-likeness (QED) is 0.530. The SMILES string of the molecule is CCCc1nc2ccc(C)cn2c1C(=O)Nc1ccc(Cl)c([N+](=O)[O-])c1. The number of fused-ring (bicyclic) bond motifs is 1. The van der Waals surface area contributed by atoms with E-state index in [0.717, 1.165) is 12.0 Å². The highest BCUT2D eigenvalue weighted by Gasteiger charge is 2.20. The molecule has 1 amide bonds. The molecule has 0 aliphatic rings. The number of nitro benzene ring substituents is 1. The van der Waals surface area contributed by atoms with Gasteiger partial charge in [0.2, 0.25) is 0 Å². The van der Waals surface area contributed by atoms with Gasteiger partial charge in [0, 0.05) is 18.0 Å². The maximum atomic E-state index is 12.9. The molecule has 0 saturated heterocycles. The van der Waals surface area contributed by atoms with E-state index < -0.39 is 4.92 Å². The van der Waals surface area contributed by atoms with Crippen LogP contribution in [0.15, 0.2) is 36.5 Å². The zero-order chi connectivity index (χ0) is 18.8. The Morgan fingerprint density at radius 1 is 1.35 bits per heavy atom. The van der Waals surface area contributed by atoms with E-state index in [1.165, 1.54) is 18.2 Å². The first kappa shape index (κ1) is 17.9. The van der Waals surface area contributed by atoms with Gasteiger partial charge < -0.3 is 5.32 Å². The molecule has 0 aliphatic heterocycles. The van der Waals surface area contributed by atoms with Gasteiger partial charge in [0.1, 0.15) is 16.4 Å². The first-order valence-corrected chi connectivity index (χ1v) is 8.51. The molecule has 26 heavy (non-hydrogen) atoms. The number of aromatic nitrogens is 2. The van der Waals surface area contributed by atoms with Gasteiger partial charge in [-0.1, -0.05) is 31.0 Å². The average Bonchev–Trinajstić information content (AvgIpc) is 2.94. The standard InChI is InChI=1S/C18H17ClN4O3/c1-3-4-14-17(22-10-11(2)5-8-16(22)21-14)18(24)20-12-6-7-13(19)15(9-12)23(25)26/h5-10H,3-4H2,1-2H3,(H,20,24). The van der Waals surface area contributed by atoms with Crippen LogP contribution in [0.3, 0.4) is 0 Å². The van der Waals surface area contributed by atoms with Gasteiger partial charge in [0.25, 0.3) is 11.6 Å². The molecule has 3 aromatic rings. The molecule has 0 unspecified atom stereocenters. The molecule has 0 saturated carbocycles. The van der Waals surface area contributed by atoms with Crippen LogP contribution in [0.5, 0.6) is 0 Å². The van der Waals surface area contributed by atoms with Gasteiger partial charge in [-0.3, -0.25) is 19.3 Å². The van der Waals surface area contributed by atoms with Crippen molar-refractivity contribution in [2.24, 2.45) is 0 Å². The summed E-state index contributed by atoms with van der Waals surface area (Å²) < 4.78 is 1.75. The molecule has 0 radical (unpaired) electrons. The van der Waals surface area contributed by atoms with E-state index in [1.807, 2.05) is 32.2 Å². The minimum atomic E-state index is -0.585. The first-order valence-electron chi connectivity index (χ1n) is 8.13. The Hall–Kier alpha value is -2.93. The molecule has 7 nitrogen and oxygen atoms in total. The lowest BCUT2D eigenvalue weighted by Gasteiger charge is -2.08. The number of imidazole rings is 1. The lowest BCUT2D eigenvalue weighted by molar-refractivity contribution is -0.384. The number of anilines is 1. The molecule has 2 heterocycles. The van der Waals surface area contributed by atoms with Crippen molar-refractivity contribution in [2.45, 2.75) is 26.7 Å². The topological polar surface area (TPSA) is 89.5 Å². The first-order chi connectivity index (χ1) is 12.4. The third kappa shape index (κ3) is 3.39. The molecule has 0 bridgehead atoms. The second-order valence-electron chi connectivity index (χ2n) is 5.97. The van der Waals surface area contributed by atoms with Gasteiger partial charge >= 0.3 is 0 Å². The number of amides is 1. The van der Waals surface area contributed by atoms with E-state index in [2.05, 4.69) is 10.3 Å². The summed E-state index contributed by atoms with van der Waals surface area (Å²) in [7, 11) is 0. The normalized spacial score (nSPS) is 10.9. The summed E-state index contributed by atoms with van der Waals surface area (Å²) in [5.41, 5.74) is 2.85. The van der Waals surface area contributed by atoms with Gasteiger partial charge in [-0.25, -0.2) is 4.98 Å². The fourth-order valence-electron chi connectivity index (χ4n) is 2.77. The second kappa shape index (κ2) is 7.13. The van der Waals surface area contributed by atoms with Crippen LogP contribution >= 0.6 is 11.6 Å². The number of hydrogen-bond donors (Lipinski definition) is 1. The van der Waals surface area contributed by atoms with Crippen LogP contribution in [0.4, 0.5) is 11.4 Å². The predicted octanol–water partition coefficient (Wildman–Crippen LogP) is 4.41. The van der Waals surface area contributed by atoms with Gasteiger partial charge in [0.05, 0.1) is 10.6 Å². The fraction of sp³-hybridized carbons (Fsp3) is 0.222. The molecule has 0 atom stereocenters. The van der Waals surface area contributed by atoms with E-state index in [9.17, 15) is 14.9 Å². The van der Waals surface area contributed by atoms with Crippen LogP contribution in [0.25, 0.3) is 5.65 Å². The number of nitrogens with zero attached hydrogens (tertiary/aromatic N) is 3. The van der Waals surface area contributed by atoms with Crippen LogP contribution in [-0.2, 0) is 6.42 Å². The largest absolute Gasteiger partial charge is 0.320 e. The van der Waals surface area contributed by atoms with Crippen molar-refractivity contribution < 1.29 is 9.72 Å². The Morgan fingerprint density at radius 3 is 2.81 bits per heavy atom. The highest BCUT2D eigenvalue weighted by Crippen LogP contribution is 2.28. The Bertz CT molecular complexity index is 1010. The number of nitrogens with one attached hydrogen (secondary N) is 1. The number of carbonyl (C=O) groups is 1. The number of benzene rings is 1. The molecule has 0 spiro atoms. The number of halogens is 1. The Labute approximate surface area is 154 Å². The summed E-state index contributed by atoms with van der Waals surface area (Å²) in [6.07, 6.45) is 3.35. The van der Waals surface area contributed by atoms with Gasteiger partial charge in [-0.15, -0.1) is 0 Å². The van der Waals surface area contributed by atoms with Crippen molar-refractivity contribution in [1.82, 2.24) is 9.38 Å². The molecule has 0 aliphatic carbocycles. The van der Waals surface area contributed by atoms with Crippen LogP contribution in [0.2, 0.25) is 5.02 Å². The lowest BCUT2D eigenvalue weighted by Crippen LogP contribution is -2.16. The van der Waals surface area contributed by atoms with E-state index in [0.29, 0.717) is 29.1 Å². The third-order valence-corrected chi connectivity index (χ3v) is 4.26. The fourth-order valence-corrected chi connectivity index (χ4v) is 2.96. The van der Waals surface area contributed by atoms with Crippen molar-refractivity contribution in [2.75, 3.05) is 5.32 Å². The molecular weight excluding hydrogens is 356 g/mol. The van der Waals surface area contributed by atoms with Gasteiger partial charge in [-0.2, -0.15) is 0 Å². The van der Waals surface area contributed by atoms with E-state index in [4.69, 9.17) is 11.6 Å². The van der Waals surface area contributed by atoms with Crippen LogP contribution in [0, 0.1) is 17.0 Å². The summed E-state index contributed by atoms with van der Waals surface area (Å²) in [5, 5.41) is 13.8. The third-order valence-electron chi connectivity index (χ3n) is 3.94. The van der Waals surface area contributed by atoms with Crippen LogP contribution in [0.1, 0.15) is 35.1 Å². The summed E-state index contributed by atoms with van der Waals surface area (Å²) in [6.45, 7) is 3.95. The highest BCUT2D eigenvalue weighted by molar-refractivity contribution is 6.32. The molecule has 1 N–H and O–H groups in total. The van der Waals surface area contributed by atoms with Crippen molar-refractivity contribution in [3.8, 4) is 0 Å². The average molecular weight is 373 g/mol. The highest BCUT2D eigenvalue weighted by atomic mass is 35.5. The molecule has 1 aromatic carbocycles. The van der Waals surface area contributed by atoms with Gasteiger partial charge in [0.15, 0.2) is 0 Å². The van der Waals surface area contributed by atoms with E-state index >= 15 is 0 Å². The summed E-state index contributed by atoms with van der Waals surface area (Å²) in [6, 6.07) is 7.96. The number of nitro groups is 1. The summed E-state index contributed by atoms with van der Waals surface area (Å²) in [5.74, 6) is -0.372. The minimum absolute atomic E-state index is 0.0186. The van der Waals surface area contributed by atoms with Crippen molar-refractivity contribution in [1.29, 1.82) is 0 Å². The van der Waals surface area contributed by atoms with Crippen molar-refractivity contribution >= 4 is 34.5 Å². The smallest absolute Gasteiger partial charge is 0.289 e. The maximum Gasteiger partial charge on any atom is 0.289 e. The Balaban J connectivity index is 2.02. The Morgan fingerprint density at radius 2 is 2.12 bits per heavy atom. The number of carbonyl (C=O) groups excluding carboxylic acids is 1. The van der Waals surface area contributed by atoms with Crippen molar-refractivity contribution in [3.05, 3.63) is 68.6 Å². The molecule has 2 aromatic heterocycles. The molecule has 3 rings (SSSR count). The van der Waals surface area contributed by atoms with E-state index in [1.54, 1.807) is 4.40 Å². The van der Waals surface area contributed by atoms with Crippen LogP contribution in [-0.4, -0.2) is 20.2 Å². The van der Waals surface area contributed by atoms with Gasteiger partial charge in [-0.05, 0) is 37.1 Å². The molecular formula is C18H17ClN4O3. The number of hydrogen-bond acceptors (Lipinski definition) is 4. The molecule has 8 heteroatoms. The summed E-state index contributed by atoms with van der Waals surface area (Å²) in [4.78, 5) is 27.9. The Kier molecular flexibility index (Phi) is 4.90. The molecule has 134 valence electrons. The maximum absolute atomic E-state index is 12.9. The zero-order valence-corrected chi connectivity index (χ0v) is 15.1. The monoisotopic (exact) mass is 372 g/mol. The summed E-state index contributed by atoms with van der Waals surface area (Å²) >= 11 is 5.82. The predicted molar refractivity (Wildman–Crippen MR) is 100.0 cm³/mol. The number of aryl methyl sites for hydroxylation is 2. The zero-order valence-electron chi connectivity index (χ0n) is 14.3. The number of pyridine rings is 1. The van der Waals surface area contributed by atoms with Crippen molar-refractivity contribution in [3.63, 3.8) is 0 Å². The minimum Gasteiger partial charge on any atom is -0.320 e. The molecule has 0 fully saturated rings. The van der Waals surface area contributed by atoms with Crippen LogP contribution < -0.4 is 5.32 Å².